The molecule has 0 atom stereocenters. The highest BCUT2D eigenvalue weighted by Gasteiger charge is 2.12. The van der Waals surface area contributed by atoms with Gasteiger partial charge in [0.05, 0.1) is 13.2 Å². The molecule has 1 N–H and O–H groups in total. The molecule has 1 aromatic rings. The summed E-state index contributed by atoms with van der Waals surface area (Å²) in [7, 11) is 0. The first-order valence-electron chi connectivity index (χ1n) is 6.23. The van der Waals surface area contributed by atoms with E-state index >= 15 is 0 Å². The zero-order valence-electron chi connectivity index (χ0n) is 10.4. The fourth-order valence-corrected chi connectivity index (χ4v) is 2.00. The topological polar surface area (TPSA) is 62.4 Å². The Kier molecular flexibility index (Phi) is 4.66. The third-order valence-electron chi connectivity index (χ3n) is 3.03. The average molecular weight is 250 g/mol. The minimum Gasteiger partial charge on any atom is -0.379 e. The highest BCUT2D eigenvalue weighted by Crippen LogP contribution is 2.01. The van der Waals surface area contributed by atoms with Gasteiger partial charge in [0.1, 0.15) is 5.78 Å². The Labute approximate surface area is 106 Å². The molecule has 2 heterocycles. The number of H-pyrrole nitrogens is 1. The average Bonchev–Trinajstić information content (AvgIpc) is 2.38. The van der Waals surface area contributed by atoms with Crippen LogP contribution in [0.4, 0.5) is 0 Å². The molecule has 5 heteroatoms. The Morgan fingerprint density at radius 3 is 2.89 bits per heavy atom. The Morgan fingerprint density at radius 2 is 2.17 bits per heavy atom. The molecule has 1 aliphatic heterocycles. The maximum atomic E-state index is 11.8. The van der Waals surface area contributed by atoms with Crippen molar-refractivity contribution in [1.82, 2.24) is 9.88 Å². The van der Waals surface area contributed by atoms with Gasteiger partial charge in [0, 0.05) is 56.5 Å². The number of nitrogens with one attached hydrogen (secondary N) is 1. The van der Waals surface area contributed by atoms with Gasteiger partial charge in [0.25, 0.3) is 0 Å². The summed E-state index contributed by atoms with van der Waals surface area (Å²) in [5.74, 6) is 0.156. The van der Waals surface area contributed by atoms with Crippen molar-refractivity contribution in [1.29, 1.82) is 0 Å². The van der Waals surface area contributed by atoms with Crippen molar-refractivity contribution >= 4 is 5.78 Å². The molecule has 1 aromatic heterocycles. The first kappa shape index (κ1) is 13.0. The standard InChI is InChI=1S/C13H18N2O3/c16-12-1-3-14-11(9-12)10-13(17)2-4-15-5-7-18-8-6-15/h1,3,9H,2,4-8,10H2,(H,14,16). The van der Waals surface area contributed by atoms with Gasteiger partial charge in [0.15, 0.2) is 5.43 Å². The Morgan fingerprint density at radius 1 is 1.39 bits per heavy atom. The molecule has 0 aliphatic carbocycles. The van der Waals surface area contributed by atoms with E-state index in [1.54, 1.807) is 6.20 Å². The van der Waals surface area contributed by atoms with Crippen LogP contribution in [0.3, 0.4) is 0 Å². The summed E-state index contributed by atoms with van der Waals surface area (Å²) in [5, 5.41) is 0. The quantitative estimate of drug-likeness (QED) is 0.811. The molecular formula is C13H18N2O3. The van der Waals surface area contributed by atoms with Gasteiger partial charge in [-0.1, -0.05) is 0 Å². The van der Waals surface area contributed by atoms with Gasteiger partial charge in [-0.25, -0.2) is 0 Å². The fraction of sp³-hybridized carbons (Fsp3) is 0.538. The molecular weight excluding hydrogens is 232 g/mol. The molecule has 0 amide bonds. The maximum Gasteiger partial charge on any atom is 0.181 e. The van der Waals surface area contributed by atoms with Gasteiger partial charge in [-0.2, -0.15) is 0 Å². The lowest BCUT2D eigenvalue weighted by Crippen LogP contribution is -2.37. The summed E-state index contributed by atoms with van der Waals surface area (Å²) in [5.41, 5.74) is 0.624. The summed E-state index contributed by atoms with van der Waals surface area (Å²) < 4.78 is 5.25. The molecule has 0 radical (unpaired) electrons. The van der Waals surface area contributed by atoms with Crippen LogP contribution in [0.1, 0.15) is 12.1 Å². The van der Waals surface area contributed by atoms with E-state index in [4.69, 9.17) is 4.74 Å². The molecule has 1 aliphatic rings. The van der Waals surface area contributed by atoms with E-state index in [1.807, 2.05) is 0 Å². The maximum absolute atomic E-state index is 11.8. The van der Waals surface area contributed by atoms with Gasteiger partial charge in [-0.05, 0) is 0 Å². The number of carbonyl (C=O) groups is 1. The number of Topliss-reactive ketones (excluding diaryl/α,β-unsaturated/α-hetero) is 1. The van der Waals surface area contributed by atoms with Gasteiger partial charge in [-0.3, -0.25) is 14.5 Å². The SMILES string of the molecule is O=C(CCN1CCOCC1)Cc1cc(=O)cc[nH]1. The molecule has 0 unspecified atom stereocenters. The predicted molar refractivity (Wildman–Crippen MR) is 67.6 cm³/mol. The largest absolute Gasteiger partial charge is 0.379 e. The third-order valence-corrected chi connectivity index (χ3v) is 3.03. The number of hydrogen-bond donors (Lipinski definition) is 1. The molecule has 0 aromatic carbocycles. The highest BCUT2D eigenvalue weighted by atomic mass is 16.5. The van der Waals surface area contributed by atoms with Crippen molar-refractivity contribution in [2.24, 2.45) is 0 Å². The highest BCUT2D eigenvalue weighted by molar-refractivity contribution is 5.80. The van der Waals surface area contributed by atoms with Gasteiger partial charge in [-0.15, -0.1) is 0 Å². The molecule has 1 fully saturated rings. The van der Waals surface area contributed by atoms with Crippen LogP contribution in [0, 0.1) is 0 Å². The molecule has 98 valence electrons. The van der Waals surface area contributed by atoms with E-state index in [9.17, 15) is 9.59 Å². The molecule has 18 heavy (non-hydrogen) atoms. The lowest BCUT2D eigenvalue weighted by atomic mass is 10.1. The van der Waals surface area contributed by atoms with Crippen molar-refractivity contribution in [2.75, 3.05) is 32.8 Å². The predicted octanol–water partition coefficient (Wildman–Crippen LogP) is 0.209. The van der Waals surface area contributed by atoms with Gasteiger partial charge >= 0.3 is 0 Å². The molecule has 5 nitrogen and oxygen atoms in total. The van der Waals surface area contributed by atoms with Crippen molar-refractivity contribution in [2.45, 2.75) is 12.8 Å². The smallest absolute Gasteiger partial charge is 0.181 e. The monoisotopic (exact) mass is 250 g/mol. The minimum absolute atomic E-state index is 0.0651. The third kappa shape index (κ3) is 4.09. The number of ether oxygens (including phenoxy) is 1. The fourth-order valence-electron chi connectivity index (χ4n) is 2.00. The summed E-state index contributed by atoms with van der Waals surface area (Å²) in [6, 6.07) is 2.92. The van der Waals surface area contributed by atoms with E-state index in [0.717, 1.165) is 32.8 Å². The van der Waals surface area contributed by atoms with E-state index in [0.29, 0.717) is 18.5 Å². The zero-order chi connectivity index (χ0) is 12.8. The van der Waals surface area contributed by atoms with Crippen molar-refractivity contribution in [3.05, 3.63) is 34.2 Å². The molecule has 1 saturated heterocycles. The number of morpholine rings is 1. The van der Waals surface area contributed by atoms with Crippen LogP contribution in [0.15, 0.2) is 23.1 Å². The second kappa shape index (κ2) is 6.47. The Hall–Kier alpha value is -1.46. The van der Waals surface area contributed by atoms with Gasteiger partial charge in [0.2, 0.25) is 0 Å². The van der Waals surface area contributed by atoms with Crippen LogP contribution in [-0.4, -0.2) is 48.5 Å². The first-order chi connectivity index (χ1) is 8.74. The van der Waals surface area contributed by atoms with Crippen molar-refractivity contribution in [3.63, 3.8) is 0 Å². The second-order valence-electron chi connectivity index (χ2n) is 4.47. The molecule has 0 saturated carbocycles. The van der Waals surface area contributed by atoms with E-state index in [1.165, 1.54) is 12.1 Å². The van der Waals surface area contributed by atoms with Crippen LogP contribution in [0.25, 0.3) is 0 Å². The number of rotatable bonds is 5. The number of hydrogen-bond acceptors (Lipinski definition) is 4. The molecule has 2 rings (SSSR count). The normalized spacial score (nSPS) is 16.7. The van der Waals surface area contributed by atoms with Crippen LogP contribution in [-0.2, 0) is 16.0 Å². The van der Waals surface area contributed by atoms with Crippen molar-refractivity contribution < 1.29 is 9.53 Å². The number of carbonyl (C=O) groups excluding carboxylic acids is 1. The zero-order valence-corrected chi connectivity index (χ0v) is 10.4. The molecule has 0 spiro atoms. The summed E-state index contributed by atoms with van der Waals surface area (Å²) >= 11 is 0. The summed E-state index contributed by atoms with van der Waals surface area (Å²) in [6.45, 7) is 4.07. The Bertz CT molecular complexity index is 450. The number of ketones is 1. The van der Waals surface area contributed by atoms with E-state index in [2.05, 4.69) is 9.88 Å². The summed E-state index contributed by atoms with van der Waals surface area (Å²) in [6.07, 6.45) is 2.41. The van der Waals surface area contributed by atoms with Crippen molar-refractivity contribution in [3.8, 4) is 0 Å². The number of aromatic amines is 1. The Balaban J connectivity index is 1.76. The van der Waals surface area contributed by atoms with E-state index in [-0.39, 0.29) is 11.2 Å². The van der Waals surface area contributed by atoms with Crippen LogP contribution in [0.5, 0.6) is 0 Å². The second-order valence-corrected chi connectivity index (χ2v) is 4.47. The van der Waals surface area contributed by atoms with Crippen LogP contribution in [0.2, 0.25) is 0 Å². The molecule has 0 bridgehead atoms. The summed E-state index contributed by atoms with van der Waals surface area (Å²) in [4.78, 5) is 28.1. The number of aromatic nitrogens is 1. The number of pyridine rings is 1. The van der Waals surface area contributed by atoms with Crippen LogP contribution >= 0.6 is 0 Å². The minimum atomic E-state index is -0.0651. The first-order valence-corrected chi connectivity index (χ1v) is 6.23. The van der Waals surface area contributed by atoms with E-state index < -0.39 is 0 Å². The van der Waals surface area contributed by atoms with Gasteiger partial charge < -0.3 is 9.72 Å². The van der Waals surface area contributed by atoms with Crippen LogP contribution < -0.4 is 5.43 Å². The lowest BCUT2D eigenvalue weighted by Gasteiger charge is -2.26. The number of nitrogens with zero attached hydrogens (tertiary/aromatic N) is 1. The lowest BCUT2D eigenvalue weighted by molar-refractivity contribution is -0.119.